The van der Waals surface area contributed by atoms with Gasteiger partial charge < -0.3 is 14.4 Å². The van der Waals surface area contributed by atoms with Crippen LogP contribution in [0.4, 0.5) is 0 Å². The molecule has 0 atom stereocenters. The van der Waals surface area contributed by atoms with Gasteiger partial charge >= 0.3 is 0 Å². The first-order valence-electron chi connectivity index (χ1n) is 5.83. The van der Waals surface area contributed by atoms with E-state index in [1.807, 2.05) is 31.2 Å². The molecule has 0 spiro atoms. The number of likely N-dealkylation sites (N-methyl/N-ethyl adjacent to an activating group) is 1. The molecule has 0 saturated carbocycles. The van der Waals surface area contributed by atoms with Gasteiger partial charge in [-0.1, -0.05) is 0 Å². The minimum Gasteiger partial charge on any atom is -0.494 e. The second-order valence-corrected chi connectivity index (χ2v) is 3.97. The highest BCUT2D eigenvalue weighted by molar-refractivity contribution is 6.27. The van der Waals surface area contributed by atoms with Crippen molar-refractivity contribution >= 4 is 17.5 Å². The molecule has 0 aliphatic carbocycles. The summed E-state index contributed by atoms with van der Waals surface area (Å²) in [6, 6.07) is 7.39. The minimum absolute atomic E-state index is 0.000443. The quantitative estimate of drug-likeness (QED) is 0.714. The number of amides is 1. The number of carbonyl (C=O) groups excluding carboxylic acids is 1. The van der Waals surface area contributed by atoms with Crippen molar-refractivity contribution in [3.05, 3.63) is 24.3 Å². The predicted molar refractivity (Wildman–Crippen MR) is 71.5 cm³/mol. The fraction of sp³-hybridized carbons (Fsp3) is 0.462. The number of benzene rings is 1. The molecule has 5 heteroatoms. The molecule has 0 N–H and O–H groups in total. The molecule has 4 nitrogen and oxygen atoms in total. The normalized spacial score (nSPS) is 9.94. The summed E-state index contributed by atoms with van der Waals surface area (Å²) in [5, 5.41) is 0. The van der Waals surface area contributed by atoms with E-state index >= 15 is 0 Å². The number of ether oxygens (including phenoxy) is 2. The molecule has 0 bridgehead atoms. The van der Waals surface area contributed by atoms with Crippen molar-refractivity contribution in [3.63, 3.8) is 0 Å². The number of nitrogens with zero attached hydrogens (tertiary/aromatic N) is 1. The van der Waals surface area contributed by atoms with Gasteiger partial charge in [-0.05, 0) is 31.2 Å². The summed E-state index contributed by atoms with van der Waals surface area (Å²) in [4.78, 5) is 12.7. The first-order chi connectivity index (χ1) is 8.67. The summed E-state index contributed by atoms with van der Waals surface area (Å²) >= 11 is 5.44. The number of hydrogen-bond donors (Lipinski definition) is 0. The Bertz CT molecular complexity index is 367. The second kappa shape index (κ2) is 7.82. The molecular weight excluding hydrogens is 254 g/mol. The van der Waals surface area contributed by atoms with Gasteiger partial charge in [0.25, 0.3) is 0 Å². The Morgan fingerprint density at radius 3 is 2.28 bits per heavy atom. The molecule has 0 heterocycles. The number of carbonyl (C=O) groups is 1. The van der Waals surface area contributed by atoms with Gasteiger partial charge in [0.15, 0.2) is 0 Å². The Morgan fingerprint density at radius 2 is 1.78 bits per heavy atom. The van der Waals surface area contributed by atoms with E-state index in [1.54, 1.807) is 11.9 Å². The molecule has 0 aliphatic rings. The van der Waals surface area contributed by atoms with Crippen molar-refractivity contribution in [1.29, 1.82) is 0 Å². The van der Waals surface area contributed by atoms with Crippen LogP contribution in [0.1, 0.15) is 6.92 Å². The third-order valence-corrected chi connectivity index (χ3v) is 2.60. The van der Waals surface area contributed by atoms with Gasteiger partial charge in [0.2, 0.25) is 5.91 Å². The summed E-state index contributed by atoms with van der Waals surface area (Å²) in [6.45, 7) is 3.53. The van der Waals surface area contributed by atoms with E-state index in [-0.39, 0.29) is 11.8 Å². The highest BCUT2D eigenvalue weighted by Crippen LogP contribution is 2.17. The van der Waals surface area contributed by atoms with Crippen molar-refractivity contribution in [3.8, 4) is 11.5 Å². The molecule has 18 heavy (non-hydrogen) atoms. The SMILES string of the molecule is CCOc1ccc(OCCN(C)C(=O)CCl)cc1. The second-order valence-electron chi connectivity index (χ2n) is 3.70. The topological polar surface area (TPSA) is 38.8 Å². The van der Waals surface area contributed by atoms with Crippen molar-refractivity contribution in [1.82, 2.24) is 4.90 Å². The standard InChI is InChI=1S/C13H18ClNO3/c1-3-17-11-4-6-12(7-5-11)18-9-8-15(2)13(16)10-14/h4-7H,3,8-10H2,1-2H3. The molecule has 0 aromatic heterocycles. The van der Waals surface area contributed by atoms with Gasteiger partial charge in [0.1, 0.15) is 24.0 Å². The van der Waals surface area contributed by atoms with Gasteiger partial charge in [-0.15, -0.1) is 11.6 Å². The van der Waals surface area contributed by atoms with E-state index in [2.05, 4.69) is 0 Å². The van der Waals surface area contributed by atoms with Crippen molar-refractivity contribution < 1.29 is 14.3 Å². The lowest BCUT2D eigenvalue weighted by molar-refractivity contribution is -0.127. The molecule has 0 radical (unpaired) electrons. The van der Waals surface area contributed by atoms with E-state index in [1.165, 1.54) is 0 Å². The maximum Gasteiger partial charge on any atom is 0.237 e. The zero-order chi connectivity index (χ0) is 13.4. The van der Waals surface area contributed by atoms with E-state index in [0.717, 1.165) is 11.5 Å². The first-order valence-corrected chi connectivity index (χ1v) is 6.36. The lowest BCUT2D eigenvalue weighted by Crippen LogP contribution is -2.31. The molecule has 0 aliphatic heterocycles. The van der Waals surface area contributed by atoms with Gasteiger partial charge in [-0.3, -0.25) is 4.79 Å². The number of hydrogen-bond acceptors (Lipinski definition) is 3. The Balaban J connectivity index is 2.33. The Kier molecular flexibility index (Phi) is 6.36. The predicted octanol–water partition coefficient (Wildman–Crippen LogP) is 2.16. The largest absolute Gasteiger partial charge is 0.494 e. The minimum atomic E-state index is -0.105. The fourth-order valence-electron chi connectivity index (χ4n) is 1.33. The van der Waals surface area contributed by atoms with Crippen LogP contribution in [0.5, 0.6) is 11.5 Å². The van der Waals surface area contributed by atoms with Crippen LogP contribution in [0.3, 0.4) is 0 Å². The Labute approximate surface area is 112 Å². The number of alkyl halides is 1. The molecule has 1 aromatic carbocycles. The van der Waals surface area contributed by atoms with Gasteiger partial charge in [0, 0.05) is 7.05 Å². The molecule has 0 fully saturated rings. The maximum absolute atomic E-state index is 11.2. The monoisotopic (exact) mass is 271 g/mol. The first kappa shape index (κ1) is 14.6. The molecule has 1 amide bonds. The highest BCUT2D eigenvalue weighted by Gasteiger charge is 2.06. The maximum atomic E-state index is 11.2. The smallest absolute Gasteiger partial charge is 0.237 e. The fourth-order valence-corrected chi connectivity index (χ4v) is 1.53. The average Bonchev–Trinajstić information content (AvgIpc) is 2.40. The molecule has 1 rings (SSSR count). The van der Waals surface area contributed by atoms with E-state index in [9.17, 15) is 4.79 Å². The highest BCUT2D eigenvalue weighted by atomic mass is 35.5. The van der Waals surface area contributed by atoms with Crippen molar-refractivity contribution in [2.45, 2.75) is 6.92 Å². The van der Waals surface area contributed by atoms with Crippen LogP contribution in [-0.2, 0) is 4.79 Å². The number of halogens is 1. The van der Waals surface area contributed by atoms with Crippen LogP contribution >= 0.6 is 11.6 Å². The van der Waals surface area contributed by atoms with Gasteiger partial charge in [-0.25, -0.2) is 0 Å². The summed E-state index contributed by atoms with van der Waals surface area (Å²) in [7, 11) is 1.70. The summed E-state index contributed by atoms with van der Waals surface area (Å²) in [5.74, 6) is 1.47. The lowest BCUT2D eigenvalue weighted by Gasteiger charge is -2.16. The summed E-state index contributed by atoms with van der Waals surface area (Å²) in [6.07, 6.45) is 0. The van der Waals surface area contributed by atoms with Gasteiger partial charge in [-0.2, -0.15) is 0 Å². The summed E-state index contributed by atoms with van der Waals surface area (Å²) < 4.78 is 10.8. The zero-order valence-electron chi connectivity index (χ0n) is 10.7. The Hall–Kier alpha value is -1.42. The van der Waals surface area contributed by atoms with Crippen molar-refractivity contribution in [2.75, 3.05) is 32.7 Å². The van der Waals surface area contributed by atoms with E-state index < -0.39 is 0 Å². The van der Waals surface area contributed by atoms with Crippen LogP contribution in [0.15, 0.2) is 24.3 Å². The molecular formula is C13H18ClNO3. The van der Waals surface area contributed by atoms with Crippen LogP contribution < -0.4 is 9.47 Å². The van der Waals surface area contributed by atoms with Crippen LogP contribution in [0.2, 0.25) is 0 Å². The van der Waals surface area contributed by atoms with Crippen LogP contribution in [0.25, 0.3) is 0 Å². The third kappa shape index (κ3) is 4.84. The molecule has 0 saturated heterocycles. The number of rotatable bonds is 7. The summed E-state index contributed by atoms with van der Waals surface area (Å²) in [5.41, 5.74) is 0. The molecule has 100 valence electrons. The average molecular weight is 272 g/mol. The van der Waals surface area contributed by atoms with Crippen LogP contribution in [-0.4, -0.2) is 43.5 Å². The Morgan fingerprint density at radius 1 is 1.22 bits per heavy atom. The van der Waals surface area contributed by atoms with E-state index in [0.29, 0.717) is 19.8 Å². The molecule has 1 aromatic rings. The molecule has 0 unspecified atom stereocenters. The van der Waals surface area contributed by atoms with Gasteiger partial charge in [0.05, 0.1) is 13.2 Å². The van der Waals surface area contributed by atoms with Crippen LogP contribution in [0, 0.1) is 0 Å². The zero-order valence-corrected chi connectivity index (χ0v) is 11.4. The van der Waals surface area contributed by atoms with E-state index in [4.69, 9.17) is 21.1 Å². The van der Waals surface area contributed by atoms with Crippen molar-refractivity contribution in [2.24, 2.45) is 0 Å². The lowest BCUT2D eigenvalue weighted by atomic mass is 10.3. The third-order valence-electron chi connectivity index (χ3n) is 2.37.